The second-order valence-corrected chi connectivity index (χ2v) is 5.50. The number of carbonyl (C=O) groups excluding carboxylic acids is 4. The number of rotatable bonds is 3. The Labute approximate surface area is 137 Å². The molecule has 0 spiro atoms. The summed E-state index contributed by atoms with van der Waals surface area (Å²) >= 11 is 0. The third kappa shape index (κ3) is 3.19. The summed E-state index contributed by atoms with van der Waals surface area (Å²) < 4.78 is 10.0. The molecule has 0 saturated carbocycles. The maximum atomic E-state index is 12.5. The molecule has 2 atom stereocenters. The molecule has 1 aromatic carbocycles. The second-order valence-electron chi connectivity index (χ2n) is 5.50. The highest BCUT2D eigenvalue weighted by molar-refractivity contribution is 6.02. The van der Waals surface area contributed by atoms with Gasteiger partial charge in [-0.05, 0) is 18.2 Å². The molecular weight excluding hydrogens is 314 g/mol. The van der Waals surface area contributed by atoms with Gasteiger partial charge in [0, 0.05) is 6.42 Å². The number of cyclic esters (lactones) is 1. The second kappa shape index (κ2) is 6.66. The predicted octanol–water partition coefficient (Wildman–Crippen LogP) is 1.33. The Kier molecular flexibility index (Phi) is 4.41. The van der Waals surface area contributed by atoms with Gasteiger partial charge in [-0.3, -0.25) is 14.4 Å². The monoisotopic (exact) mass is 329 g/mol. The molecule has 0 unspecified atom stereocenters. The highest BCUT2D eigenvalue weighted by atomic mass is 16.6. The van der Waals surface area contributed by atoms with E-state index in [0.29, 0.717) is 5.75 Å². The molecule has 1 heterocycles. The van der Waals surface area contributed by atoms with Crippen molar-refractivity contribution in [2.75, 3.05) is 13.2 Å². The number of esters is 1. The van der Waals surface area contributed by atoms with Crippen molar-refractivity contribution in [3.63, 3.8) is 0 Å². The van der Waals surface area contributed by atoms with Gasteiger partial charge in [0.15, 0.2) is 5.78 Å². The van der Waals surface area contributed by atoms with Crippen LogP contribution in [0, 0.1) is 11.8 Å². The minimum atomic E-state index is -0.969. The van der Waals surface area contributed by atoms with E-state index in [1.54, 1.807) is 30.3 Å². The molecule has 2 amide bonds. The van der Waals surface area contributed by atoms with Crippen molar-refractivity contribution in [2.24, 2.45) is 11.8 Å². The summed E-state index contributed by atoms with van der Waals surface area (Å²) in [5, 5.41) is 0. The average Bonchev–Trinajstić information content (AvgIpc) is 3.01. The normalized spacial score (nSPS) is 23.1. The number of nitrogens with zero attached hydrogens (tertiary/aromatic N) is 1. The first-order valence-corrected chi connectivity index (χ1v) is 7.52. The lowest BCUT2D eigenvalue weighted by atomic mass is 9.82. The Morgan fingerprint density at radius 2 is 1.92 bits per heavy atom. The SMILES string of the molecule is O=C1C=C[C@H](C(=O)N2CCOC2=O)[C@@H](C(=O)Oc2ccccc2)C1. The van der Waals surface area contributed by atoms with Crippen molar-refractivity contribution < 1.29 is 28.7 Å². The van der Waals surface area contributed by atoms with E-state index in [-0.39, 0.29) is 25.4 Å². The van der Waals surface area contributed by atoms with E-state index in [1.807, 2.05) is 0 Å². The summed E-state index contributed by atoms with van der Waals surface area (Å²) in [5.41, 5.74) is 0. The lowest BCUT2D eigenvalue weighted by Crippen LogP contribution is -2.43. The van der Waals surface area contributed by atoms with Crippen LogP contribution in [-0.2, 0) is 19.1 Å². The van der Waals surface area contributed by atoms with Crippen LogP contribution in [0.15, 0.2) is 42.5 Å². The van der Waals surface area contributed by atoms with E-state index in [0.717, 1.165) is 4.90 Å². The van der Waals surface area contributed by atoms with E-state index in [2.05, 4.69) is 0 Å². The van der Waals surface area contributed by atoms with E-state index < -0.39 is 29.8 Å². The molecule has 24 heavy (non-hydrogen) atoms. The maximum Gasteiger partial charge on any atom is 0.416 e. The Morgan fingerprint density at radius 1 is 1.17 bits per heavy atom. The fourth-order valence-electron chi connectivity index (χ4n) is 2.70. The van der Waals surface area contributed by atoms with E-state index in [9.17, 15) is 19.2 Å². The number of hydrogen-bond donors (Lipinski definition) is 0. The van der Waals surface area contributed by atoms with Crippen LogP contribution in [0.25, 0.3) is 0 Å². The average molecular weight is 329 g/mol. The van der Waals surface area contributed by atoms with Gasteiger partial charge < -0.3 is 9.47 Å². The number of benzene rings is 1. The van der Waals surface area contributed by atoms with Gasteiger partial charge in [0.2, 0.25) is 5.91 Å². The Balaban J connectivity index is 1.79. The van der Waals surface area contributed by atoms with Crippen molar-refractivity contribution >= 4 is 23.8 Å². The lowest BCUT2D eigenvalue weighted by molar-refractivity contribution is -0.147. The lowest BCUT2D eigenvalue weighted by Gasteiger charge is -2.26. The van der Waals surface area contributed by atoms with Crippen LogP contribution in [-0.4, -0.2) is 41.8 Å². The summed E-state index contributed by atoms with van der Waals surface area (Å²) in [6.45, 7) is 0.259. The molecule has 3 rings (SSSR count). The molecule has 2 aliphatic rings. The maximum absolute atomic E-state index is 12.5. The van der Waals surface area contributed by atoms with Crippen LogP contribution in [0.2, 0.25) is 0 Å². The van der Waals surface area contributed by atoms with Gasteiger partial charge in [-0.25, -0.2) is 9.69 Å². The molecule has 1 saturated heterocycles. The first-order chi connectivity index (χ1) is 11.6. The van der Waals surface area contributed by atoms with Gasteiger partial charge in [0.05, 0.1) is 18.4 Å². The number of carbonyl (C=O) groups is 4. The summed E-state index contributed by atoms with van der Waals surface area (Å²) in [6, 6.07) is 8.39. The van der Waals surface area contributed by atoms with E-state index in [1.165, 1.54) is 12.2 Å². The minimum Gasteiger partial charge on any atom is -0.447 e. The Bertz CT molecular complexity index is 711. The first-order valence-electron chi connectivity index (χ1n) is 7.52. The third-order valence-electron chi connectivity index (χ3n) is 3.92. The molecule has 7 nitrogen and oxygen atoms in total. The molecule has 0 N–H and O–H groups in total. The molecule has 7 heteroatoms. The van der Waals surface area contributed by atoms with Crippen LogP contribution in [0.1, 0.15) is 6.42 Å². The zero-order chi connectivity index (χ0) is 17.1. The minimum absolute atomic E-state index is 0.124. The summed E-state index contributed by atoms with van der Waals surface area (Å²) in [4.78, 5) is 49.2. The molecule has 1 fully saturated rings. The molecule has 0 bridgehead atoms. The van der Waals surface area contributed by atoms with Gasteiger partial charge in [0.25, 0.3) is 0 Å². The summed E-state index contributed by atoms with van der Waals surface area (Å²) in [5.74, 6) is -3.07. The predicted molar refractivity (Wildman–Crippen MR) is 80.9 cm³/mol. The van der Waals surface area contributed by atoms with Crippen molar-refractivity contribution in [2.45, 2.75) is 6.42 Å². The quantitative estimate of drug-likeness (QED) is 0.614. The number of allylic oxidation sites excluding steroid dienone is 1. The van der Waals surface area contributed by atoms with Crippen molar-refractivity contribution in [3.8, 4) is 5.75 Å². The number of ketones is 1. The van der Waals surface area contributed by atoms with Crippen LogP contribution in [0.4, 0.5) is 4.79 Å². The van der Waals surface area contributed by atoms with E-state index in [4.69, 9.17) is 9.47 Å². The van der Waals surface area contributed by atoms with Gasteiger partial charge in [-0.2, -0.15) is 0 Å². The standard InChI is InChI=1S/C17H15NO6/c19-11-6-7-13(15(20)18-8-9-23-17(18)22)14(10-11)16(21)24-12-4-2-1-3-5-12/h1-7,13-14H,8-10H2/t13-,14-/m0/s1. The molecular formula is C17H15NO6. The van der Waals surface area contributed by atoms with Crippen molar-refractivity contribution in [1.29, 1.82) is 0 Å². The Morgan fingerprint density at radius 3 is 2.58 bits per heavy atom. The van der Waals surface area contributed by atoms with Crippen LogP contribution >= 0.6 is 0 Å². The smallest absolute Gasteiger partial charge is 0.416 e. The van der Waals surface area contributed by atoms with Gasteiger partial charge in [-0.15, -0.1) is 0 Å². The van der Waals surface area contributed by atoms with Gasteiger partial charge >= 0.3 is 12.1 Å². The Hall–Kier alpha value is -2.96. The number of hydrogen-bond acceptors (Lipinski definition) is 6. The first kappa shape index (κ1) is 15.9. The molecule has 1 aliphatic carbocycles. The van der Waals surface area contributed by atoms with Crippen LogP contribution in [0.3, 0.4) is 0 Å². The van der Waals surface area contributed by atoms with Crippen LogP contribution < -0.4 is 4.74 Å². The van der Waals surface area contributed by atoms with Crippen molar-refractivity contribution in [1.82, 2.24) is 4.90 Å². The topological polar surface area (TPSA) is 90.0 Å². The number of amides is 2. The summed E-state index contributed by atoms with van der Waals surface area (Å²) in [7, 11) is 0. The largest absolute Gasteiger partial charge is 0.447 e. The molecule has 0 radical (unpaired) electrons. The van der Waals surface area contributed by atoms with Gasteiger partial charge in [-0.1, -0.05) is 24.3 Å². The fraction of sp³-hybridized carbons (Fsp3) is 0.294. The summed E-state index contributed by atoms with van der Waals surface area (Å²) in [6.07, 6.45) is 1.74. The molecule has 1 aromatic rings. The molecule has 124 valence electrons. The highest BCUT2D eigenvalue weighted by Crippen LogP contribution is 2.28. The number of para-hydroxylation sites is 1. The number of ether oxygens (including phenoxy) is 2. The molecule has 0 aromatic heterocycles. The van der Waals surface area contributed by atoms with E-state index >= 15 is 0 Å². The third-order valence-corrected chi connectivity index (χ3v) is 3.92. The van der Waals surface area contributed by atoms with Gasteiger partial charge in [0.1, 0.15) is 12.4 Å². The number of imide groups is 1. The zero-order valence-corrected chi connectivity index (χ0v) is 12.7. The van der Waals surface area contributed by atoms with Crippen molar-refractivity contribution in [3.05, 3.63) is 42.5 Å². The van der Waals surface area contributed by atoms with Crippen LogP contribution in [0.5, 0.6) is 5.75 Å². The molecule has 1 aliphatic heterocycles. The highest BCUT2D eigenvalue weighted by Gasteiger charge is 2.42. The fourth-order valence-corrected chi connectivity index (χ4v) is 2.70. The zero-order valence-electron chi connectivity index (χ0n) is 12.7.